The van der Waals surface area contributed by atoms with Crippen LogP contribution >= 0.6 is 11.3 Å². The van der Waals surface area contributed by atoms with E-state index in [0.717, 1.165) is 24.3 Å². The van der Waals surface area contributed by atoms with Crippen molar-refractivity contribution >= 4 is 27.3 Å². The number of carbonyl (C=O) groups excluding carboxylic acids is 1. The second-order valence-corrected chi connectivity index (χ2v) is 8.98. The summed E-state index contributed by atoms with van der Waals surface area (Å²) in [7, 11) is -2.04. The van der Waals surface area contributed by atoms with Crippen molar-refractivity contribution in [2.24, 2.45) is 5.92 Å². The molecule has 1 aromatic heterocycles. The van der Waals surface area contributed by atoms with Gasteiger partial charge in [0.05, 0.1) is 16.9 Å². The highest BCUT2D eigenvalue weighted by Crippen LogP contribution is 2.21. The van der Waals surface area contributed by atoms with Crippen LogP contribution in [-0.4, -0.2) is 46.0 Å². The van der Waals surface area contributed by atoms with Gasteiger partial charge in [0.1, 0.15) is 5.75 Å². The van der Waals surface area contributed by atoms with Gasteiger partial charge in [0.25, 0.3) is 5.91 Å². The number of likely N-dealkylation sites (tertiary alicyclic amines) is 1. The molecule has 1 N–H and O–H groups in total. The van der Waals surface area contributed by atoms with E-state index in [4.69, 9.17) is 4.74 Å². The van der Waals surface area contributed by atoms with Crippen LogP contribution in [0.1, 0.15) is 22.5 Å². The Labute approximate surface area is 157 Å². The standard InChI is InChI=1S/C18H22N2O4S2/c1-24-15-6-8-16(9-7-15)26(22,23)19-12-14-4-2-10-20(13-14)18(21)17-5-3-11-25-17/h3,5-9,11,14,19H,2,4,10,12-13H2,1H3/t14-/m0/s1. The van der Waals surface area contributed by atoms with Gasteiger partial charge < -0.3 is 9.64 Å². The number of piperidine rings is 1. The SMILES string of the molecule is COc1ccc(S(=O)(=O)NC[C@@H]2CCCN(C(=O)c3cccs3)C2)cc1. The first-order chi connectivity index (χ1) is 12.5. The molecule has 3 rings (SSSR count). The summed E-state index contributed by atoms with van der Waals surface area (Å²) in [5.74, 6) is 0.752. The normalized spacial score (nSPS) is 17.9. The molecule has 2 heterocycles. The lowest BCUT2D eigenvalue weighted by molar-refractivity contribution is 0.0681. The molecule has 0 spiro atoms. The number of carbonyl (C=O) groups is 1. The maximum absolute atomic E-state index is 12.5. The van der Waals surface area contributed by atoms with E-state index in [0.29, 0.717) is 18.8 Å². The smallest absolute Gasteiger partial charge is 0.263 e. The van der Waals surface area contributed by atoms with Gasteiger partial charge in [-0.15, -0.1) is 11.3 Å². The third-order valence-corrected chi connectivity index (χ3v) is 6.77. The molecule has 1 fully saturated rings. The Morgan fingerprint density at radius 1 is 1.31 bits per heavy atom. The Bertz CT molecular complexity index is 833. The summed E-state index contributed by atoms with van der Waals surface area (Å²) in [6.07, 6.45) is 1.78. The van der Waals surface area contributed by atoms with Crippen LogP contribution in [0.4, 0.5) is 0 Å². The fourth-order valence-corrected chi connectivity index (χ4v) is 4.84. The van der Waals surface area contributed by atoms with Crippen molar-refractivity contribution in [2.75, 3.05) is 26.7 Å². The molecule has 0 radical (unpaired) electrons. The van der Waals surface area contributed by atoms with Crippen molar-refractivity contribution in [2.45, 2.75) is 17.7 Å². The number of amides is 1. The zero-order valence-corrected chi connectivity index (χ0v) is 16.2. The Morgan fingerprint density at radius 2 is 2.08 bits per heavy atom. The summed E-state index contributed by atoms with van der Waals surface area (Å²) in [5.41, 5.74) is 0. The van der Waals surface area contributed by atoms with Crippen LogP contribution in [-0.2, 0) is 10.0 Å². The Hall–Kier alpha value is -1.90. The van der Waals surface area contributed by atoms with Gasteiger partial charge in [0.15, 0.2) is 0 Å². The van der Waals surface area contributed by atoms with E-state index in [9.17, 15) is 13.2 Å². The number of benzene rings is 1. The van der Waals surface area contributed by atoms with Gasteiger partial charge in [-0.1, -0.05) is 6.07 Å². The van der Waals surface area contributed by atoms with E-state index in [1.807, 2.05) is 22.4 Å². The third kappa shape index (κ3) is 4.44. The average Bonchev–Trinajstić information content (AvgIpc) is 3.21. The van der Waals surface area contributed by atoms with Crippen LogP contribution in [0.5, 0.6) is 5.75 Å². The molecule has 0 bridgehead atoms. The summed E-state index contributed by atoms with van der Waals surface area (Å²) < 4.78 is 32.6. The summed E-state index contributed by atoms with van der Waals surface area (Å²) in [6, 6.07) is 9.97. The lowest BCUT2D eigenvalue weighted by Crippen LogP contribution is -2.43. The van der Waals surface area contributed by atoms with Crippen molar-refractivity contribution in [3.8, 4) is 5.75 Å². The van der Waals surface area contributed by atoms with Crippen molar-refractivity contribution in [3.63, 3.8) is 0 Å². The van der Waals surface area contributed by atoms with Gasteiger partial charge >= 0.3 is 0 Å². The summed E-state index contributed by atoms with van der Waals surface area (Å²) in [5, 5.41) is 1.89. The lowest BCUT2D eigenvalue weighted by Gasteiger charge is -2.32. The van der Waals surface area contributed by atoms with Crippen LogP contribution in [0.15, 0.2) is 46.7 Å². The fraction of sp³-hybridized carbons (Fsp3) is 0.389. The van der Waals surface area contributed by atoms with Crippen LogP contribution in [0.3, 0.4) is 0 Å². The van der Waals surface area contributed by atoms with Crippen molar-refractivity contribution < 1.29 is 17.9 Å². The number of methoxy groups -OCH3 is 1. The number of hydrogen-bond donors (Lipinski definition) is 1. The minimum Gasteiger partial charge on any atom is -0.497 e. The van der Waals surface area contributed by atoms with Crippen LogP contribution in [0, 0.1) is 5.92 Å². The number of ether oxygens (including phenoxy) is 1. The first-order valence-electron chi connectivity index (χ1n) is 8.46. The van der Waals surface area contributed by atoms with Crippen LogP contribution in [0.2, 0.25) is 0 Å². The van der Waals surface area contributed by atoms with E-state index in [-0.39, 0.29) is 16.7 Å². The molecule has 1 saturated heterocycles. The molecular formula is C18H22N2O4S2. The van der Waals surface area contributed by atoms with Crippen molar-refractivity contribution in [1.82, 2.24) is 9.62 Å². The molecule has 1 amide bonds. The molecule has 0 unspecified atom stereocenters. The number of sulfonamides is 1. The molecule has 140 valence electrons. The van der Waals surface area contributed by atoms with Gasteiger partial charge in [-0.05, 0) is 54.5 Å². The molecule has 6 nitrogen and oxygen atoms in total. The minimum atomic E-state index is -3.57. The number of nitrogens with one attached hydrogen (secondary N) is 1. The lowest BCUT2D eigenvalue weighted by atomic mass is 9.98. The average molecular weight is 395 g/mol. The van der Waals surface area contributed by atoms with Crippen LogP contribution in [0.25, 0.3) is 0 Å². The predicted octanol–water partition coefficient (Wildman–Crippen LogP) is 2.59. The largest absolute Gasteiger partial charge is 0.497 e. The maximum atomic E-state index is 12.5. The molecule has 1 aliphatic rings. The van der Waals surface area contributed by atoms with Gasteiger partial charge in [0.2, 0.25) is 10.0 Å². The topological polar surface area (TPSA) is 75.7 Å². The Morgan fingerprint density at radius 3 is 2.73 bits per heavy atom. The Balaban J connectivity index is 1.59. The molecule has 8 heteroatoms. The number of hydrogen-bond acceptors (Lipinski definition) is 5. The highest BCUT2D eigenvalue weighted by molar-refractivity contribution is 7.89. The van der Waals surface area contributed by atoms with Crippen molar-refractivity contribution in [3.05, 3.63) is 46.7 Å². The maximum Gasteiger partial charge on any atom is 0.263 e. The highest BCUT2D eigenvalue weighted by Gasteiger charge is 2.26. The molecule has 1 aliphatic heterocycles. The second-order valence-electron chi connectivity index (χ2n) is 6.26. The van der Waals surface area contributed by atoms with Gasteiger partial charge in [-0.3, -0.25) is 4.79 Å². The monoisotopic (exact) mass is 394 g/mol. The van der Waals surface area contributed by atoms with Crippen molar-refractivity contribution in [1.29, 1.82) is 0 Å². The van der Waals surface area contributed by atoms with Gasteiger partial charge in [0, 0.05) is 19.6 Å². The molecule has 0 aliphatic carbocycles. The van der Waals surface area contributed by atoms with E-state index < -0.39 is 10.0 Å². The summed E-state index contributed by atoms with van der Waals surface area (Å²) in [6.45, 7) is 1.61. The zero-order chi connectivity index (χ0) is 18.6. The molecular weight excluding hydrogens is 372 g/mol. The van der Waals surface area contributed by atoms with E-state index in [1.54, 1.807) is 12.1 Å². The molecule has 26 heavy (non-hydrogen) atoms. The number of nitrogens with zero attached hydrogens (tertiary/aromatic N) is 1. The third-order valence-electron chi connectivity index (χ3n) is 4.47. The predicted molar refractivity (Wildman–Crippen MR) is 101 cm³/mol. The molecule has 0 saturated carbocycles. The zero-order valence-electron chi connectivity index (χ0n) is 14.6. The van der Waals surface area contributed by atoms with Gasteiger partial charge in [-0.2, -0.15) is 0 Å². The van der Waals surface area contributed by atoms with Gasteiger partial charge in [-0.25, -0.2) is 13.1 Å². The fourth-order valence-electron chi connectivity index (χ4n) is 3.04. The van der Waals surface area contributed by atoms with E-state index in [1.165, 1.54) is 30.6 Å². The second kappa shape index (κ2) is 8.20. The summed E-state index contributed by atoms with van der Waals surface area (Å²) in [4.78, 5) is 15.2. The Kier molecular flexibility index (Phi) is 5.95. The molecule has 1 atom stereocenters. The molecule has 1 aromatic carbocycles. The first kappa shape index (κ1) is 18.9. The van der Waals surface area contributed by atoms with Crippen LogP contribution < -0.4 is 9.46 Å². The number of rotatable bonds is 6. The quantitative estimate of drug-likeness (QED) is 0.817. The highest BCUT2D eigenvalue weighted by atomic mass is 32.2. The number of thiophene rings is 1. The van der Waals surface area contributed by atoms with E-state index in [2.05, 4.69) is 4.72 Å². The molecule has 2 aromatic rings. The summed E-state index contributed by atoms with van der Waals surface area (Å²) >= 11 is 1.43. The first-order valence-corrected chi connectivity index (χ1v) is 10.8. The van der Waals surface area contributed by atoms with E-state index >= 15 is 0 Å². The minimum absolute atomic E-state index is 0.0303.